The Morgan fingerprint density at radius 3 is 2.78 bits per heavy atom. The number of halogens is 1. The standard InChI is InChI=1S/C14H17BrN2O/c1-9(2)6-10(3)18-13-4-5-16-12-7-11(15)8-17-14(12)13/h4-5,7-10H,6H2,1-3H3. The van der Waals surface area contributed by atoms with Crippen molar-refractivity contribution < 1.29 is 4.74 Å². The molecule has 0 N–H and O–H groups in total. The van der Waals surface area contributed by atoms with Crippen LogP contribution in [0.3, 0.4) is 0 Å². The number of aromatic nitrogens is 2. The third kappa shape index (κ3) is 3.19. The molecule has 0 aliphatic heterocycles. The highest BCUT2D eigenvalue weighted by atomic mass is 79.9. The molecule has 0 saturated carbocycles. The van der Waals surface area contributed by atoms with Gasteiger partial charge in [-0.2, -0.15) is 0 Å². The van der Waals surface area contributed by atoms with E-state index in [2.05, 4.69) is 46.7 Å². The van der Waals surface area contributed by atoms with Gasteiger partial charge >= 0.3 is 0 Å². The van der Waals surface area contributed by atoms with Gasteiger partial charge in [0, 0.05) is 22.9 Å². The van der Waals surface area contributed by atoms with Gasteiger partial charge in [-0.1, -0.05) is 13.8 Å². The molecule has 96 valence electrons. The first kappa shape index (κ1) is 13.3. The Hall–Kier alpha value is -1.16. The molecule has 2 aromatic rings. The smallest absolute Gasteiger partial charge is 0.149 e. The number of hydrogen-bond donors (Lipinski definition) is 0. The van der Waals surface area contributed by atoms with E-state index in [0.717, 1.165) is 27.7 Å². The van der Waals surface area contributed by atoms with Gasteiger partial charge in [0.25, 0.3) is 0 Å². The van der Waals surface area contributed by atoms with E-state index in [1.165, 1.54) is 0 Å². The van der Waals surface area contributed by atoms with Crippen LogP contribution in [0.2, 0.25) is 0 Å². The first-order valence-corrected chi connectivity index (χ1v) is 6.92. The molecule has 0 saturated heterocycles. The molecule has 0 amide bonds. The number of hydrogen-bond acceptors (Lipinski definition) is 3. The van der Waals surface area contributed by atoms with E-state index in [9.17, 15) is 0 Å². The minimum absolute atomic E-state index is 0.182. The van der Waals surface area contributed by atoms with Crippen molar-refractivity contribution in [2.24, 2.45) is 5.92 Å². The second-order valence-electron chi connectivity index (χ2n) is 4.89. The molecule has 2 heterocycles. The highest BCUT2D eigenvalue weighted by Crippen LogP contribution is 2.25. The van der Waals surface area contributed by atoms with Gasteiger partial charge in [0.05, 0.1) is 11.6 Å². The Kier molecular flexibility index (Phi) is 4.17. The minimum atomic E-state index is 0.182. The highest BCUT2D eigenvalue weighted by Gasteiger charge is 2.10. The number of ether oxygens (including phenoxy) is 1. The molecule has 4 heteroatoms. The third-order valence-corrected chi connectivity index (χ3v) is 3.07. The van der Waals surface area contributed by atoms with Crippen LogP contribution in [0, 0.1) is 5.92 Å². The lowest BCUT2D eigenvalue weighted by molar-refractivity contribution is 0.195. The fourth-order valence-electron chi connectivity index (χ4n) is 2.00. The zero-order valence-corrected chi connectivity index (χ0v) is 12.4. The van der Waals surface area contributed by atoms with E-state index in [1.54, 1.807) is 12.4 Å². The summed E-state index contributed by atoms with van der Waals surface area (Å²) in [4.78, 5) is 8.68. The fourth-order valence-corrected chi connectivity index (χ4v) is 2.32. The average Bonchev–Trinajstić information content (AvgIpc) is 2.27. The number of nitrogens with zero attached hydrogens (tertiary/aromatic N) is 2. The van der Waals surface area contributed by atoms with Crippen LogP contribution in [0.15, 0.2) is 29.0 Å². The molecule has 0 aliphatic rings. The van der Waals surface area contributed by atoms with Gasteiger partial charge in [-0.25, -0.2) is 4.98 Å². The van der Waals surface area contributed by atoms with Crippen molar-refractivity contribution in [3.05, 3.63) is 29.0 Å². The van der Waals surface area contributed by atoms with Crippen molar-refractivity contribution in [1.82, 2.24) is 9.97 Å². The van der Waals surface area contributed by atoms with Gasteiger partial charge in [-0.3, -0.25) is 4.98 Å². The predicted octanol–water partition coefficient (Wildman–Crippen LogP) is 4.21. The van der Waals surface area contributed by atoms with E-state index in [-0.39, 0.29) is 6.10 Å². The lowest BCUT2D eigenvalue weighted by atomic mass is 10.1. The zero-order chi connectivity index (χ0) is 13.1. The molecule has 18 heavy (non-hydrogen) atoms. The normalized spacial score (nSPS) is 12.9. The van der Waals surface area contributed by atoms with Gasteiger partial charge in [0.15, 0.2) is 0 Å². The van der Waals surface area contributed by atoms with E-state index >= 15 is 0 Å². The van der Waals surface area contributed by atoms with Crippen molar-refractivity contribution in [2.45, 2.75) is 33.3 Å². The van der Waals surface area contributed by atoms with Crippen LogP contribution in [0.4, 0.5) is 0 Å². The Balaban J connectivity index is 2.28. The monoisotopic (exact) mass is 308 g/mol. The second-order valence-corrected chi connectivity index (χ2v) is 5.80. The minimum Gasteiger partial charge on any atom is -0.488 e. The van der Waals surface area contributed by atoms with E-state index in [1.807, 2.05) is 12.1 Å². The summed E-state index contributed by atoms with van der Waals surface area (Å²) in [6.07, 6.45) is 4.74. The molecular formula is C14H17BrN2O. The SMILES string of the molecule is CC(C)CC(C)Oc1ccnc2cc(Br)cnc12. The molecule has 2 aromatic heterocycles. The summed E-state index contributed by atoms with van der Waals surface area (Å²) in [5, 5.41) is 0. The maximum atomic E-state index is 5.96. The van der Waals surface area contributed by atoms with Gasteiger partial charge in [-0.15, -0.1) is 0 Å². The molecule has 0 aliphatic carbocycles. The molecule has 0 fully saturated rings. The first-order chi connectivity index (χ1) is 8.56. The lowest BCUT2D eigenvalue weighted by Gasteiger charge is -2.17. The van der Waals surface area contributed by atoms with Crippen LogP contribution in [0.1, 0.15) is 27.2 Å². The van der Waals surface area contributed by atoms with Crippen molar-refractivity contribution in [2.75, 3.05) is 0 Å². The van der Waals surface area contributed by atoms with Crippen LogP contribution < -0.4 is 4.74 Å². The van der Waals surface area contributed by atoms with Gasteiger partial charge in [-0.05, 0) is 41.3 Å². The fraction of sp³-hybridized carbons (Fsp3) is 0.429. The molecule has 2 rings (SSSR count). The largest absolute Gasteiger partial charge is 0.488 e. The summed E-state index contributed by atoms with van der Waals surface area (Å²) in [6.45, 7) is 6.48. The summed E-state index contributed by atoms with van der Waals surface area (Å²) in [5.41, 5.74) is 1.66. The van der Waals surface area contributed by atoms with Crippen molar-refractivity contribution in [1.29, 1.82) is 0 Å². The lowest BCUT2D eigenvalue weighted by Crippen LogP contribution is -2.14. The van der Waals surface area contributed by atoms with Crippen molar-refractivity contribution in [3.63, 3.8) is 0 Å². The second kappa shape index (κ2) is 5.65. The van der Waals surface area contributed by atoms with E-state index < -0.39 is 0 Å². The number of fused-ring (bicyclic) bond motifs is 1. The molecule has 1 unspecified atom stereocenters. The van der Waals surface area contributed by atoms with Crippen LogP contribution in [-0.4, -0.2) is 16.1 Å². The van der Waals surface area contributed by atoms with E-state index in [0.29, 0.717) is 5.92 Å². The highest BCUT2D eigenvalue weighted by molar-refractivity contribution is 9.10. The van der Waals surface area contributed by atoms with Gasteiger partial charge in [0.1, 0.15) is 11.3 Å². The number of rotatable bonds is 4. The Morgan fingerprint density at radius 2 is 2.06 bits per heavy atom. The third-order valence-electron chi connectivity index (χ3n) is 2.64. The molecule has 0 radical (unpaired) electrons. The summed E-state index contributed by atoms with van der Waals surface area (Å²) >= 11 is 3.40. The summed E-state index contributed by atoms with van der Waals surface area (Å²) in [5.74, 6) is 1.43. The van der Waals surface area contributed by atoms with Crippen molar-refractivity contribution in [3.8, 4) is 5.75 Å². The predicted molar refractivity (Wildman–Crippen MR) is 76.8 cm³/mol. The van der Waals surface area contributed by atoms with Crippen LogP contribution in [-0.2, 0) is 0 Å². The maximum absolute atomic E-state index is 5.96. The summed E-state index contributed by atoms with van der Waals surface area (Å²) < 4.78 is 6.89. The molecule has 1 atom stereocenters. The van der Waals surface area contributed by atoms with Crippen LogP contribution in [0.5, 0.6) is 5.75 Å². The average molecular weight is 309 g/mol. The van der Waals surface area contributed by atoms with E-state index in [4.69, 9.17) is 4.74 Å². The first-order valence-electron chi connectivity index (χ1n) is 6.13. The molecule has 0 spiro atoms. The maximum Gasteiger partial charge on any atom is 0.149 e. The molecule has 3 nitrogen and oxygen atoms in total. The zero-order valence-electron chi connectivity index (χ0n) is 10.9. The molecule has 0 bridgehead atoms. The molecular weight excluding hydrogens is 292 g/mol. The van der Waals surface area contributed by atoms with Crippen LogP contribution >= 0.6 is 15.9 Å². The van der Waals surface area contributed by atoms with Gasteiger partial charge < -0.3 is 4.74 Å². The summed E-state index contributed by atoms with van der Waals surface area (Å²) in [6, 6.07) is 3.82. The summed E-state index contributed by atoms with van der Waals surface area (Å²) in [7, 11) is 0. The Morgan fingerprint density at radius 1 is 1.28 bits per heavy atom. The van der Waals surface area contributed by atoms with Crippen LogP contribution in [0.25, 0.3) is 11.0 Å². The molecule has 0 aromatic carbocycles. The quantitative estimate of drug-likeness (QED) is 0.849. The van der Waals surface area contributed by atoms with Gasteiger partial charge in [0.2, 0.25) is 0 Å². The van der Waals surface area contributed by atoms with Crippen molar-refractivity contribution >= 4 is 27.0 Å². The Bertz CT molecular complexity index is 542. The number of pyridine rings is 2. The Labute approximate surface area is 116 Å². The topological polar surface area (TPSA) is 35.0 Å².